The van der Waals surface area contributed by atoms with Crippen molar-refractivity contribution in [1.82, 2.24) is 19.5 Å². The molecule has 3 aromatic rings. The summed E-state index contributed by atoms with van der Waals surface area (Å²) in [6.45, 7) is 10.3. The molecule has 0 fully saturated rings. The zero-order valence-electron chi connectivity index (χ0n) is 18.1. The Bertz CT molecular complexity index is 1030. The summed E-state index contributed by atoms with van der Waals surface area (Å²) in [5.74, 6) is 1.09. The molecule has 0 saturated carbocycles. The van der Waals surface area contributed by atoms with Crippen LogP contribution < -0.4 is 16.4 Å². The Morgan fingerprint density at radius 1 is 1.27 bits per heavy atom. The van der Waals surface area contributed by atoms with E-state index in [-0.39, 0.29) is 12.1 Å². The number of anilines is 3. The highest BCUT2D eigenvalue weighted by molar-refractivity contribution is 14.1. The van der Waals surface area contributed by atoms with E-state index in [1.807, 2.05) is 23.6 Å². The molecule has 3 rings (SSSR count). The summed E-state index contributed by atoms with van der Waals surface area (Å²) >= 11 is 2.27. The van der Waals surface area contributed by atoms with Crippen LogP contribution in [0.25, 0.3) is 11.2 Å². The minimum atomic E-state index is -0.909. The van der Waals surface area contributed by atoms with Gasteiger partial charge in [0.25, 0.3) is 0 Å². The monoisotopic (exact) mass is 523 g/mol. The molecule has 2 heterocycles. The molecule has 0 aliphatic heterocycles. The molecule has 1 unspecified atom stereocenters. The maximum absolute atomic E-state index is 10.5. The molecular weight excluding hydrogens is 493 g/mol. The molecule has 0 spiro atoms. The molecule has 0 aliphatic carbocycles. The van der Waals surface area contributed by atoms with Crippen LogP contribution in [-0.4, -0.2) is 36.3 Å². The molecule has 8 nitrogen and oxygen atoms in total. The van der Waals surface area contributed by atoms with Gasteiger partial charge in [0, 0.05) is 21.8 Å². The van der Waals surface area contributed by atoms with Crippen molar-refractivity contribution in [3.8, 4) is 0 Å². The Kier molecular flexibility index (Phi) is 6.71. The number of aliphatic hydroxyl groups is 1. The van der Waals surface area contributed by atoms with Crippen molar-refractivity contribution in [2.45, 2.75) is 65.3 Å². The molecule has 162 valence electrons. The summed E-state index contributed by atoms with van der Waals surface area (Å²) in [5.41, 5.74) is 8.40. The van der Waals surface area contributed by atoms with Gasteiger partial charge in [-0.25, -0.2) is 4.98 Å². The number of fused-ring (bicyclic) bond motifs is 1. The molecule has 2 aromatic heterocycles. The molecule has 5 N–H and O–H groups in total. The van der Waals surface area contributed by atoms with Crippen molar-refractivity contribution >= 4 is 51.2 Å². The van der Waals surface area contributed by atoms with Crippen LogP contribution in [0.15, 0.2) is 24.5 Å². The van der Waals surface area contributed by atoms with Crippen molar-refractivity contribution in [2.75, 3.05) is 16.4 Å². The van der Waals surface area contributed by atoms with Crippen LogP contribution in [0.1, 0.15) is 52.6 Å². The third-order valence-electron chi connectivity index (χ3n) is 5.09. The zero-order chi connectivity index (χ0) is 22.1. The van der Waals surface area contributed by atoms with Crippen molar-refractivity contribution < 1.29 is 5.11 Å². The van der Waals surface area contributed by atoms with Gasteiger partial charge < -0.3 is 26.0 Å². The van der Waals surface area contributed by atoms with Gasteiger partial charge >= 0.3 is 0 Å². The van der Waals surface area contributed by atoms with Gasteiger partial charge in [-0.3, -0.25) is 0 Å². The lowest BCUT2D eigenvalue weighted by Gasteiger charge is -2.29. The van der Waals surface area contributed by atoms with Gasteiger partial charge in [0.15, 0.2) is 17.0 Å². The second kappa shape index (κ2) is 8.93. The van der Waals surface area contributed by atoms with Crippen LogP contribution in [0.2, 0.25) is 0 Å². The average molecular weight is 523 g/mol. The highest BCUT2D eigenvalue weighted by Crippen LogP contribution is 2.26. The second-order valence-corrected chi connectivity index (χ2v) is 9.51. The molecule has 0 bridgehead atoms. The zero-order valence-corrected chi connectivity index (χ0v) is 20.2. The van der Waals surface area contributed by atoms with Crippen LogP contribution in [0.3, 0.4) is 0 Å². The van der Waals surface area contributed by atoms with Gasteiger partial charge in [-0.05, 0) is 80.5 Å². The van der Waals surface area contributed by atoms with Crippen molar-refractivity contribution in [3.05, 3.63) is 33.7 Å². The lowest BCUT2D eigenvalue weighted by Crippen LogP contribution is -2.41. The van der Waals surface area contributed by atoms with Crippen molar-refractivity contribution in [1.29, 1.82) is 0 Å². The van der Waals surface area contributed by atoms with Gasteiger partial charge in [-0.15, -0.1) is 0 Å². The Morgan fingerprint density at radius 3 is 2.63 bits per heavy atom. The van der Waals surface area contributed by atoms with Crippen molar-refractivity contribution in [2.24, 2.45) is 0 Å². The summed E-state index contributed by atoms with van der Waals surface area (Å²) in [5, 5.41) is 17.1. The predicted octanol–water partition coefficient (Wildman–Crippen LogP) is 4.17. The largest absolute Gasteiger partial charge is 0.398 e. The number of nitrogens with zero attached hydrogens (tertiary/aromatic N) is 4. The summed E-state index contributed by atoms with van der Waals surface area (Å²) in [7, 11) is 0. The highest BCUT2D eigenvalue weighted by atomic mass is 127. The molecular formula is C21H30IN7O. The maximum atomic E-state index is 10.5. The van der Waals surface area contributed by atoms with Crippen LogP contribution in [0, 0.1) is 3.57 Å². The first kappa shape index (κ1) is 22.5. The fourth-order valence-corrected chi connectivity index (χ4v) is 3.88. The number of aromatic nitrogens is 4. The Morgan fingerprint density at radius 2 is 2.00 bits per heavy atom. The molecule has 0 radical (unpaired) electrons. The number of nitrogens with one attached hydrogen (secondary N) is 2. The molecule has 1 aromatic carbocycles. The van der Waals surface area contributed by atoms with Gasteiger partial charge in [0.1, 0.15) is 0 Å². The standard InChI is InChI=1S/C21H30IN7O/c1-6-16(21(4,5)30)26-20-27-18(17-19(28-20)29(11-25-17)12(2)3)24-10-13-9-14(22)7-8-15(13)23/h7-9,11-12,16,30H,6,10,23H2,1-5H3,(H2,24,26,27,28). The first-order chi connectivity index (χ1) is 14.1. The second-order valence-electron chi connectivity index (χ2n) is 8.27. The first-order valence-corrected chi connectivity index (χ1v) is 11.2. The van der Waals surface area contributed by atoms with E-state index in [1.165, 1.54) is 0 Å². The lowest BCUT2D eigenvalue weighted by atomic mass is 9.97. The quantitative estimate of drug-likeness (QED) is 0.259. The number of imidazole rings is 1. The van der Waals surface area contributed by atoms with Gasteiger partial charge in [-0.2, -0.15) is 9.97 Å². The van der Waals surface area contributed by atoms with Crippen LogP contribution in [-0.2, 0) is 6.54 Å². The van der Waals surface area contributed by atoms with E-state index in [4.69, 9.17) is 10.7 Å². The molecule has 1 atom stereocenters. The minimum absolute atomic E-state index is 0.190. The number of rotatable bonds is 8. The maximum Gasteiger partial charge on any atom is 0.227 e. The summed E-state index contributed by atoms with van der Waals surface area (Å²) < 4.78 is 3.13. The lowest BCUT2D eigenvalue weighted by molar-refractivity contribution is 0.0577. The normalized spacial score (nSPS) is 13.1. The number of hydrogen-bond donors (Lipinski definition) is 4. The van der Waals surface area contributed by atoms with Gasteiger partial charge in [0.2, 0.25) is 5.95 Å². The van der Waals surface area contributed by atoms with E-state index in [1.54, 1.807) is 20.2 Å². The average Bonchev–Trinajstić information content (AvgIpc) is 3.10. The fourth-order valence-electron chi connectivity index (χ4n) is 3.32. The van der Waals surface area contributed by atoms with E-state index < -0.39 is 5.60 Å². The summed E-state index contributed by atoms with van der Waals surface area (Å²) in [6, 6.07) is 5.95. The van der Waals surface area contributed by atoms with E-state index in [0.29, 0.717) is 23.8 Å². The number of halogens is 1. The van der Waals surface area contributed by atoms with Crippen LogP contribution in [0.4, 0.5) is 17.5 Å². The van der Waals surface area contributed by atoms with Gasteiger partial charge in [0.05, 0.1) is 18.0 Å². The summed E-state index contributed by atoms with van der Waals surface area (Å²) in [6.07, 6.45) is 2.52. The van der Waals surface area contributed by atoms with E-state index in [2.05, 4.69) is 63.1 Å². The minimum Gasteiger partial charge on any atom is -0.398 e. The van der Waals surface area contributed by atoms with E-state index in [0.717, 1.165) is 26.9 Å². The Hall–Kier alpha value is -2.14. The predicted molar refractivity (Wildman–Crippen MR) is 131 cm³/mol. The van der Waals surface area contributed by atoms with Gasteiger partial charge in [-0.1, -0.05) is 6.92 Å². The Balaban J connectivity index is 2.00. The van der Waals surface area contributed by atoms with Crippen LogP contribution >= 0.6 is 22.6 Å². The first-order valence-electron chi connectivity index (χ1n) is 10.1. The topological polar surface area (TPSA) is 114 Å². The summed E-state index contributed by atoms with van der Waals surface area (Å²) in [4.78, 5) is 13.9. The van der Waals surface area contributed by atoms with E-state index >= 15 is 0 Å². The smallest absolute Gasteiger partial charge is 0.227 e. The highest BCUT2D eigenvalue weighted by Gasteiger charge is 2.26. The number of benzene rings is 1. The number of hydrogen-bond acceptors (Lipinski definition) is 7. The molecule has 0 saturated heterocycles. The van der Waals surface area contributed by atoms with Crippen LogP contribution in [0.5, 0.6) is 0 Å². The third kappa shape index (κ3) is 4.94. The third-order valence-corrected chi connectivity index (χ3v) is 5.76. The number of nitrogen functional groups attached to an aromatic ring is 1. The number of nitrogens with two attached hydrogens (primary N) is 1. The molecule has 0 amide bonds. The van der Waals surface area contributed by atoms with E-state index in [9.17, 15) is 5.11 Å². The molecule has 0 aliphatic rings. The molecule has 30 heavy (non-hydrogen) atoms. The fraction of sp³-hybridized carbons (Fsp3) is 0.476. The van der Waals surface area contributed by atoms with Crippen molar-refractivity contribution in [3.63, 3.8) is 0 Å². The molecule has 9 heteroatoms. The SMILES string of the molecule is CCC(Nc1nc(NCc2cc(I)ccc2N)c2ncn(C(C)C)c2n1)C(C)(C)O. The Labute approximate surface area is 190 Å².